The first kappa shape index (κ1) is 23.7. The standard InChI is InChI=1S/C13H29NO8P2/c1-12(15)14-11-9-7-5-3-2-4-6-8-10-13(16,23(17,18)19)24(20,21)22/h16H,2-11H2,1H3,(H,14,15)(H2,17,18,19)(H2,20,21,22). The largest absolute Gasteiger partial charge is 0.369 e. The highest BCUT2D eigenvalue weighted by atomic mass is 31.2. The van der Waals surface area contributed by atoms with E-state index in [4.69, 9.17) is 19.6 Å². The Hall–Kier alpha value is -0.270. The van der Waals surface area contributed by atoms with Crippen LogP contribution in [0.4, 0.5) is 0 Å². The predicted molar refractivity (Wildman–Crippen MR) is 89.3 cm³/mol. The van der Waals surface area contributed by atoms with E-state index in [1.807, 2.05) is 0 Å². The molecule has 0 heterocycles. The average Bonchev–Trinajstić information content (AvgIpc) is 2.41. The van der Waals surface area contributed by atoms with Gasteiger partial charge < -0.3 is 30.0 Å². The third kappa shape index (κ3) is 8.72. The summed E-state index contributed by atoms with van der Waals surface area (Å²) < 4.78 is 22.3. The minimum atomic E-state index is -5.33. The third-order valence-corrected chi connectivity index (χ3v) is 7.62. The van der Waals surface area contributed by atoms with Gasteiger partial charge in [-0.25, -0.2) is 0 Å². The zero-order chi connectivity index (χ0) is 18.9. The molecular formula is C13H29NO8P2. The highest BCUT2D eigenvalue weighted by Gasteiger charge is 2.58. The smallest absolute Gasteiger partial charge is 0.368 e. The normalized spacial score (nSPS) is 13.1. The van der Waals surface area contributed by atoms with Crippen LogP contribution in [-0.2, 0) is 13.9 Å². The molecule has 0 aliphatic rings. The molecule has 0 rings (SSSR count). The van der Waals surface area contributed by atoms with E-state index in [0.29, 0.717) is 13.0 Å². The molecule has 0 saturated heterocycles. The molecule has 1 amide bonds. The van der Waals surface area contributed by atoms with Crippen molar-refractivity contribution in [3.63, 3.8) is 0 Å². The number of nitrogens with one attached hydrogen (secondary N) is 1. The van der Waals surface area contributed by atoms with Crippen molar-refractivity contribution in [3.8, 4) is 0 Å². The number of rotatable bonds is 13. The molecule has 11 heteroatoms. The second kappa shape index (κ2) is 10.7. The Kier molecular flexibility index (Phi) is 10.5. The molecule has 0 aliphatic heterocycles. The molecule has 0 fully saturated rings. The quantitative estimate of drug-likeness (QED) is 0.204. The Bertz CT molecular complexity index is 451. The Labute approximate surface area is 142 Å². The van der Waals surface area contributed by atoms with E-state index in [0.717, 1.165) is 38.5 Å². The number of hydrogen-bond acceptors (Lipinski definition) is 4. The second-order valence-corrected chi connectivity index (χ2v) is 9.93. The molecule has 0 aliphatic carbocycles. The summed E-state index contributed by atoms with van der Waals surface area (Å²) >= 11 is 0. The lowest BCUT2D eigenvalue weighted by molar-refractivity contribution is -0.118. The van der Waals surface area contributed by atoms with Gasteiger partial charge in [-0.2, -0.15) is 0 Å². The first-order valence-electron chi connectivity index (χ1n) is 8.00. The average molecular weight is 389 g/mol. The van der Waals surface area contributed by atoms with E-state index < -0.39 is 26.7 Å². The van der Waals surface area contributed by atoms with Crippen LogP contribution in [0.3, 0.4) is 0 Å². The summed E-state index contributed by atoms with van der Waals surface area (Å²) in [6, 6.07) is 0. The molecule has 0 atom stereocenters. The molecule has 0 aromatic carbocycles. The number of carbonyl (C=O) groups excluding carboxylic acids is 1. The fourth-order valence-corrected chi connectivity index (χ4v) is 4.53. The lowest BCUT2D eigenvalue weighted by Gasteiger charge is -2.29. The Morgan fingerprint density at radius 1 is 0.833 bits per heavy atom. The number of hydrogen-bond donors (Lipinski definition) is 6. The summed E-state index contributed by atoms with van der Waals surface area (Å²) in [4.78, 5) is 46.6. The zero-order valence-electron chi connectivity index (χ0n) is 13.9. The van der Waals surface area contributed by atoms with Gasteiger partial charge in [0.1, 0.15) is 0 Å². The fourth-order valence-electron chi connectivity index (χ4n) is 2.27. The van der Waals surface area contributed by atoms with Crippen molar-refractivity contribution in [2.75, 3.05) is 6.54 Å². The van der Waals surface area contributed by atoms with Crippen molar-refractivity contribution < 1.29 is 38.6 Å². The van der Waals surface area contributed by atoms with Gasteiger partial charge in [0.05, 0.1) is 0 Å². The van der Waals surface area contributed by atoms with Gasteiger partial charge in [0.2, 0.25) is 5.91 Å². The molecule has 0 unspecified atom stereocenters. The SMILES string of the molecule is CC(=O)NCCCCCCCCCCC(O)(P(=O)(O)O)P(=O)(O)O. The van der Waals surface area contributed by atoms with Gasteiger partial charge in [-0.05, 0) is 19.3 Å². The lowest BCUT2D eigenvalue weighted by Crippen LogP contribution is -2.28. The van der Waals surface area contributed by atoms with Crippen molar-refractivity contribution in [1.82, 2.24) is 5.32 Å². The molecule has 0 aromatic rings. The first-order chi connectivity index (χ1) is 10.9. The van der Waals surface area contributed by atoms with E-state index in [2.05, 4.69) is 5.32 Å². The molecule has 0 radical (unpaired) electrons. The highest BCUT2D eigenvalue weighted by molar-refractivity contribution is 7.72. The van der Waals surface area contributed by atoms with E-state index in [9.17, 15) is 19.0 Å². The number of carbonyl (C=O) groups is 1. The van der Waals surface area contributed by atoms with Crippen LogP contribution in [0, 0.1) is 0 Å². The maximum Gasteiger partial charge on any atom is 0.369 e. The second-order valence-electron chi connectivity index (χ2n) is 5.92. The van der Waals surface area contributed by atoms with Gasteiger partial charge in [0.15, 0.2) is 0 Å². The number of unbranched alkanes of at least 4 members (excludes halogenated alkanes) is 7. The maximum absolute atomic E-state index is 11.2. The molecule has 9 nitrogen and oxygen atoms in total. The maximum atomic E-state index is 11.2. The Balaban J connectivity index is 3.84. The van der Waals surface area contributed by atoms with E-state index in [1.165, 1.54) is 6.92 Å². The van der Waals surface area contributed by atoms with E-state index >= 15 is 0 Å². The molecule has 0 spiro atoms. The van der Waals surface area contributed by atoms with Crippen LogP contribution < -0.4 is 5.32 Å². The summed E-state index contributed by atoms with van der Waals surface area (Å²) in [5.41, 5.74) is 0. The molecule has 0 saturated carbocycles. The summed E-state index contributed by atoms with van der Waals surface area (Å²) in [7, 11) is -10.7. The van der Waals surface area contributed by atoms with Crippen LogP contribution >= 0.6 is 15.2 Å². The summed E-state index contributed by atoms with van der Waals surface area (Å²) in [6.45, 7) is 2.14. The van der Waals surface area contributed by atoms with Crippen LogP contribution in [0.2, 0.25) is 0 Å². The van der Waals surface area contributed by atoms with Crippen molar-refractivity contribution in [1.29, 1.82) is 0 Å². The number of amides is 1. The van der Waals surface area contributed by atoms with Crippen LogP contribution in [0.15, 0.2) is 0 Å². The van der Waals surface area contributed by atoms with Crippen LogP contribution in [0.25, 0.3) is 0 Å². The molecule has 24 heavy (non-hydrogen) atoms. The first-order valence-corrected chi connectivity index (χ1v) is 11.2. The Morgan fingerprint density at radius 2 is 1.21 bits per heavy atom. The van der Waals surface area contributed by atoms with Crippen LogP contribution in [0.5, 0.6) is 0 Å². The fraction of sp³-hybridized carbons (Fsp3) is 0.923. The molecule has 0 aromatic heterocycles. The lowest BCUT2D eigenvalue weighted by atomic mass is 10.1. The molecule has 144 valence electrons. The van der Waals surface area contributed by atoms with Crippen LogP contribution in [0.1, 0.15) is 64.7 Å². The Morgan fingerprint density at radius 3 is 1.58 bits per heavy atom. The van der Waals surface area contributed by atoms with Gasteiger partial charge in [-0.15, -0.1) is 0 Å². The predicted octanol–water partition coefficient (Wildman–Crippen LogP) is 1.63. The minimum absolute atomic E-state index is 0.0411. The van der Waals surface area contributed by atoms with Crippen LogP contribution in [-0.4, -0.2) is 42.2 Å². The van der Waals surface area contributed by atoms with E-state index in [1.54, 1.807) is 0 Å². The van der Waals surface area contributed by atoms with Gasteiger partial charge in [-0.3, -0.25) is 13.9 Å². The van der Waals surface area contributed by atoms with Gasteiger partial charge >= 0.3 is 15.2 Å². The minimum Gasteiger partial charge on any atom is -0.368 e. The van der Waals surface area contributed by atoms with Gasteiger partial charge in [-0.1, -0.05) is 38.5 Å². The molecular weight excluding hydrogens is 360 g/mol. The highest BCUT2D eigenvalue weighted by Crippen LogP contribution is 2.69. The van der Waals surface area contributed by atoms with E-state index in [-0.39, 0.29) is 12.3 Å². The van der Waals surface area contributed by atoms with Crippen molar-refractivity contribution in [3.05, 3.63) is 0 Å². The van der Waals surface area contributed by atoms with Gasteiger partial charge in [0, 0.05) is 13.5 Å². The van der Waals surface area contributed by atoms with Crippen molar-refractivity contribution in [2.45, 2.75) is 69.8 Å². The topological polar surface area (TPSA) is 164 Å². The monoisotopic (exact) mass is 389 g/mol. The molecule has 0 bridgehead atoms. The zero-order valence-corrected chi connectivity index (χ0v) is 15.7. The number of aliphatic hydroxyl groups is 1. The van der Waals surface area contributed by atoms with Gasteiger partial charge in [0.25, 0.3) is 5.08 Å². The summed E-state index contributed by atoms with van der Waals surface area (Å²) in [5.74, 6) is -0.0411. The summed E-state index contributed by atoms with van der Waals surface area (Å²) in [5, 5.41) is 9.11. The molecule has 6 N–H and O–H groups in total. The van der Waals surface area contributed by atoms with Crippen molar-refractivity contribution >= 4 is 21.1 Å². The van der Waals surface area contributed by atoms with Crippen molar-refractivity contribution in [2.24, 2.45) is 0 Å². The summed E-state index contributed by atoms with van der Waals surface area (Å²) in [6.07, 6.45) is 5.54. The third-order valence-electron chi connectivity index (χ3n) is 3.75.